The Balaban J connectivity index is 3.18. The molecule has 0 fully saturated rings. The lowest BCUT2D eigenvalue weighted by Gasteiger charge is -2.25. The van der Waals surface area contributed by atoms with Crippen LogP contribution in [0.5, 0.6) is 0 Å². The molecule has 5 heteroatoms. The number of anilines is 1. The van der Waals surface area contributed by atoms with E-state index >= 15 is 0 Å². The second kappa shape index (κ2) is 6.33. The lowest BCUT2D eigenvalue weighted by atomic mass is 10.1. The van der Waals surface area contributed by atoms with E-state index in [0.29, 0.717) is 13.1 Å². The van der Waals surface area contributed by atoms with E-state index in [-0.39, 0.29) is 17.1 Å². The molecule has 0 aromatic heterocycles. The highest BCUT2D eigenvalue weighted by molar-refractivity contribution is 5.95. The van der Waals surface area contributed by atoms with Gasteiger partial charge in [0.1, 0.15) is 23.2 Å². The van der Waals surface area contributed by atoms with E-state index in [4.69, 9.17) is 11.1 Å². The normalized spacial score (nSPS) is 10.4. The van der Waals surface area contributed by atoms with Crippen molar-refractivity contribution in [2.45, 2.75) is 26.7 Å². The smallest absolute Gasteiger partial charge is 0.150 e. The van der Waals surface area contributed by atoms with Crippen molar-refractivity contribution in [1.82, 2.24) is 0 Å². The van der Waals surface area contributed by atoms with Crippen molar-refractivity contribution in [3.8, 4) is 0 Å². The van der Waals surface area contributed by atoms with E-state index in [1.807, 2.05) is 13.8 Å². The number of hydrogen-bond acceptors (Lipinski definition) is 2. The van der Waals surface area contributed by atoms with E-state index in [1.54, 1.807) is 4.90 Å². The van der Waals surface area contributed by atoms with Gasteiger partial charge >= 0.3 is 0 Å². The lowest BCUT2D eigenvalue weighted by Crippen LogP contribution is -2.27. The van der Waals surface area contributed by atoms with Crippen LogP contribution >= 0.6 is 0 Å². The second-order valence-corrected chi connectivity index (χ2v) is 4.19. The standard InChI is InChI=1S/C13H19F2N3/c1-3-5-18(6-4-2)12-10(14)7-9(13(16)17)8-11(12)15/h7-8H,3-6H2,1-2H3,(H3,16,17). The predicted octanol–water partition coefficient (Wildman–Crippen LogP) is 2.88. The van der Waals surface area contributed by atoms with E-state index in [1.165, 1.54) is 0 Å². The molecule has 18 heavy (non-hydrogen) atoms. The molecule has 0 bridgehead atoms. The van der Waals surface area contributed by atoms with E-state index < -0.39 is 11.6 Å². The van der Waals surface area contributed by atoms with Crippen molar-refractivity contribution in [2.24, 2.45) is 5.73 Å². The first-order valence-corrected chi connectivity index (χ1v) is 6.09. The fourth-order valence-corrected chi connectivity index (χ4v) is 1.90. The first-order valence-electron chi connectivity index (χ1n) is 6.09. The fraction of sp³-hybridized carbons (Fsp3) is 0.462. The fourth-order valence-electron chi connectivity index (χ4n) is 1.90. The third kappa shape index (κ3) is 3.18. The maximum absolute atomic E-state index is 13.9. The Morgan fingerprint density at radius 2 is 1.61 bits per heavy atom. The molecule has 0 radical (unpaired) electrons. The summed E-state index contributed by atoms with van der Waals surface area (Å²) in [7, 11) is 0. The molecule has 0 unspecified atom stereocenters. The van der Waals surface area contributed by atoms with Gasteiger partial charge in [-0.2, -0.15) is 0 Å². The molecule has 0 spiro atoms. The summed E-state index contributed by atoms with van der Waals surface area (Å²) in [5.41, 5.74) is 5.28. The van der Waals surface area contributed by atoms with Crippen molar-refractivity contribution >= 4 is 11.5 Å². The molecule has 3 N–H and O–H groups in total. The highest BCUT2D eigenvalue weighted by atomic mass is 19.1. The zero-order valence-corrected chi connectivity index (χ0v) is 10.8. The van der Waals surface area contributed by atoms with Crippen molar-refractivity contribution in [1.29, 1.82) is 5.41 Å². The van der Waals surface area contributed by atoms with Crippen LogP contribution in [0.25, 0.3) is 0 Å². The van der Waals surface area contributed by atoms with Gasteiger partial charge in [0, 0.05) is 18.7 Å². The molecule has 0 amide bonds. The van der Waals surface area contributed by atoms with Crippen molar-refractivity contribution in [3.05, 3.63) is 29.3 Å². The molecular formula is C13H19F2N3. The maximum atomic E-state index is 13.9. The first-order chi connectivity index (χ1) is 8.51. The Hall–Kier alpha value is -1.65. The van der Waals surface area contributed by atoms with Gasteiger partial charge in [0.15, 0.2) is 0 Å². The second-order valence-electron chi connectivity index (χ2n) is 4.19. The van der Waals surface area contributed by atoms with Gasteiger partial charge in [-0.1, -0.05) is 13.8 Å². The monoisotopic (exact) mass is 255 g/mol. The van der Waals surface area contributed by atoms with Gasteiger partial charge in [0.2, 0.25) is 0 Å². The zero-order valence-electron chi connectivity index (χ0n) is 10.8. The van der Waals surface area contributed by atoms with Crippen LogP contribution < -0.4 is 10.6 Å². The highest BCUT2D eigenvalue weighted by Crippen LogP contribution is 2.25. The average Bonchev–Trinajstić information content (AvgIpc) is 2.28. The Morgan fingerprint density at radius 1 is 1.17 bits per heavy atom. The first kappa shape index (κ1) is 14.4. The van der Waals surface area contributed by atoms with Gasteiger partial charge < -0.3 is 10.6 Å². The van der Waals surface area contributed by atoms with Gasteiger partial charge in [0.25, 0.3) is 0 Å². The van der Waals surface area contributed by atoms with Crippen molar-refractivity contribution in [2.75, 3.05) is 18.0 Å². The largest absolute Gasteiger partial charge is 0.384 e. The highest BCUT2D eigenvalue weighted by Gasteiger charge is 2.17. The number of benzene rings is 1. The van der Waals surface area contributed by atoms with Crippen LogP contribution in [0.3, 0.4) is 0 Å². The molecule has 0 aliphatic carbocycles. The molecule has 1 aromatic carbocycles. The molecule has 0 saturated heterocycles. The van der Waals surface area contributed by atoms with E-state index in [0.717, 1.165) is 25.0 Å². The van der Waals surface area contributed by atoms with Gasteiger partial charge in [-0.3, -0.25) is 5.41 Å². The van der Waals surface area contributed by atoms with Crippen LogP contribution in [0.4, 0.5) is 14.5 Å². The van der Waals surface area contributed by atoms with Crippen LogP contribution in [-0.2, 0) is 0 Å². The van der Waals surface area contributed by atoms with E-state index in [9.17, 15) is 8.78 Å². The molecule has 1 aromatic rings. The lowest BCUT2D eigenvalue weighted by molar-refractivity contribution is 0.567. The minimum atomic E-state index is -0.665. The minimum absolute atomic E-state index is 0.0244. The molecule has 0 atom stereocenters. The topological polar surface area (TPSA) is 53.1 Å². The summed E-state index contributed by atoms with van der Waals surface area (Å²) in [6.07, 6.45) is 1.63. The number of rotatable bonds is 6. The Bertz CT molecular complexity index is 403. The summed E-state index contributed by atoms with van der Waals surface area (Å²) in [5, 5.41) is 7.20. The number of hydrogen-bond donors (Lipinski definition) is 2. The van der Waals surface area contributed by atoms with Crippen molar-refractivity contribution < 1.29 is 8.78 Å². The van der Waals surface area contributed by atoms with Gasteiger partial charge in [-0.25, -0.2) is 8.78 Å². The summed E-state index contributed by atoms with van der Waals surface area (Å²) in [6.45, 7) is 5.12. The quantitative estimate of drug-likeness (QED) is 0.606. The van der Waals surface area contributed by atoms with Crippen molar-refractivity contribution in [3.63, 3.8) is 0 Å². The summed E-state index contributed by atoms with van der Waals surface area (Å²) >= 11 is 0. The van der Waals surface area contributed by atoms with Crippen LogP contribution in [0.15, 0.2) is 12.1 Å². The number of nitrogens with one attached hydrogen (secondary N) is 1. The average molecular weight is 255 g/mol. The molecule has 0 heterocycles. The summed E-state index contributed by atoms with van der Waals surface area (Å²) in [4.78, 5) is 1.69. The Labute approximate surface area is 106 Å². The number of nitrogens with zero attached hydrogens (tertiary/aromatic N) is 1. The van der Waals surface area contributed by atoms with Gasteiger partial charge in [-0.05, 0) is 25.0 Å². The molecule has 0 saturated carbocycles. The number of amidine groups is 1. The van der Waals surface area contributed by atoms with Crippen LogP contribution in [0.2, 0.25) is 0 Å². The summed E-state index contributed by atoms with van der Waals surface area (Å²) in [5.74, 6) is -1.67. The molecule has 0 aliphatic heterocycles. The van der Waals surface area contributed by atoms with Gasteiger partial charge in [0.05, 0.1) is 0 Å². The molecule has 0 aliphatic rings. The Morgan fingerprint density at radius 3 is 1.94 bits per heavy atom. The number of nitrogen functional groups attached to an aromatic ring is 1. The van der Waals surface area contributed by atoms with Crippen LogP contribution in [0.1, 0.15) is 32.3 Å². The zero-order chi connectivity index (χ0) is 13.7. The van der Waals surface area contributed by atoms with Crippen LogP contribution in [-0.4, -0.2) is 18.9 Å². The third-order valence-corrected chi connectivity index (χ3v) is 2.63. The van der Waals surface area contributed by atoms with Crippen LogP contribution in [0, 0.1) is 17.0 Å². The maximum Gasteiger partial charge on any atom is 0.150 e. The third-order valence-electron chi connectivity index (χ3n) is 2.63. The summed E-state index contributed by atoms with van der Waals surface area (Å²) in [6, 6.07) is 2.22. The van der Waals surface area contributed by atoms with Gasteiger partial charge in [-0.15, -0.1) is 0 Å². The SMILES string of the molecule is CCCN(CCC)c1c(F)cc(C(=N)N)cc1F. The number of halogens is 2. The summed E-state index contributed by atoms with van der Waals surface area (Å²) < 4.78 is 27.9. The molecule has 3 nitrogen and oxygen atoms in total. The van der Waals surface area contributed by atoms with E-state index in [2.05, 4.69) is 0 Å². The predicted molar refractivity (Wildman–Crippen MR) is 70.2 cm³/mol. The molecular weight excluding hydrogens is 236 g/mol. The molecule has 100 valence electrons. The molecule has 1 rings (SSSR count). The number of nitrogens with two attached hydrogens (primary N) is 1. The Kier molecular flexibility index (Phi) is 5.07. The minimum Gasteiger partial charge on any atom is -0.384 e.